The lowest BCUT2D eigenvalue weighted by Gasteiger charge is -1.93. The molecule has 0 aromatic carbocycles. The van der Waals surface area contributed by atoms with Gasteiger partial charge in [0.05, 0.1) is 11.8 Å². The molecule has 0 radical (unpaired) electrons. The van der Waals surface area contributed by atoms with Gasteiger partial charge in [0.1, 0.15) is 6.07 Å². The maximum Gasteiger partial charge on any atom is 0.369 e. The quantitative estimate of drug-likeness (QED) is 0.555. The summed E-state index contributed by atoms with van der Waals surface area (Å²) in [5.74, 6) is 0.0598. The smallest absolute Gasteiger partial charge is 0.369 e. The topological polar surface area (TPSA) is 73.9 Å². The third kappa shape index (κ3) is 4.95. The van der Waals surface area contributed by atoms with Crippen molar-refractivity contribution in [1.82, 2.24) is 0 Å². The second-order valence-electron chi connectivity index (χ2n) is 1.14. The fourth-order valence-electron chi connectivity index (χ4n) is 0.224. The standard InChI is InChI=1S/C5H4N2O2S/c6-1-3-9-5(8)10-4-2-7/h3-4H2. The SMILES string of the molecule is N#CCOC(=O)SCC#N. The molecule has 0 aliphatic carbocycles. The van der Waals surface area contributed by atoms with Gasteiger partial charge in [-0.25, -0.2) is 4.79 Å². The Bertz CT molecular complexity index is 171. The summed E-state index contributed by atoms with van der Waals surface area (Å²) in [7, 11) is 0. The average molecular weight is 156 g/mol. The molecule has 0 fully saturated rings. The highest BCUT2D eigenvalue weighted by molar-refractivity contribution is 8.13. The van der Waals surface area contributed by atoms with Crippen molar-refractivity contribution in [2.75, 3.05) is 12.4 Å². The van der Waals surface area contributed by atoms with Gasteiger partial charge in [-0.2, -0.15) is 10.5 Å². The van der Waals surface area contributed by atoms with Crippen molar-refractivity contribution in [1.29, 1.82) is 10.5 Å². The lowest BCUT2D eigenvalue weighted by Crippen LogP contribution is -1.97. The van der Waals surface area contributed by atoms with Crippen LogP contribution in [0.4, 0.5) is 4.79 Å². The van der Waals surface area contributed by atoms with Crippen molar-refractivity contribution in [2.24, 2.45) is 0 Å². The van der Waals surface area contributed by atoms with Crippen LogP contribution in [0.3, 0.4) is 0 Å². The Morgan fingerprint density at radius 2 is 2.20 bits per heavy atom. The van der Waals surface area contributed by atoms with E-state index in [1.165, 1.54) is 0 Å². The van der Waals surface area contributed by atoms with Crippen molar-refractivity contribution in [2.45, 2.75) is 0 Å². The molecule has 10 heavy (non-hydrogen) atoms. The molecule has 0 saturated heterocycles. The fraction of sp³-hybridized carbons (Fsp3) is 0.400. The lowest BCUT2D eigenvalue weighted by atomic mass is 10.8. The average Bonchev–Trinajstić information content (AvgIpc) is 1.97. The summed E-state index contributed by atoms with van der Waals surface area (Å²) in [5.41, 5.74) is 0. The number of nitrogens with zero attached hydrogens (tertiary/aromatic N) is 2. The van der Waals surface area contributed by atoms with Gasteiger partial charge in [0.25, 0.3) is 0 Å². The van der Waals surface area contributed by atoms with Gasteiger partial charge in [-0.3, -0.25) is 0 Å². The minimum absolute atomic E-state index is 0.0598. The lowest BCUT2D eigenvalue weighted by molar-refractivity contribution is 0.189. The normalized spacial score (nSPS) is 7.40. The first kappa shape index (κ1) is 8.80. The molecule has 0 bridgehead atoms. The molecule has 0 unspecified atom stereocenters. The molecule has 4 nitrogen and oxygen atoms in total. The van der Waals surface area contributed by atoms with Crippen molar-refractivity contribution in [3.05, 3.63) is 0 Å². The van der Waals surface area contributed by atoms with Crippen LogP contribution in [0.15, 0.2) is 0 Å². The zero-order valence-corrected chi connectivity index (χ0v) is 5.85. The van der Waals surface area contributed by atoms with E-state index in [9.17, 15) is 4.79 Å². The van der Waals surface area contributed by atoms with E-state index in [4.69, 9.17) is 10.5 Å². The molecule has 0 aliphatic heterocycles. The molecule has 0 rings (SSSR count). The zero-order chi connectivity index (χ0) is 7.82. The van der Waals surface area contributed by atoms with Crippen molar-refractivity contribution in [3.8, 4) is 12.1 Å². The van der Waals surface area contributed by atoms with E-state index < -0.39 is 5.30 Å². The number of ether oxygens (including phenoxy) is 1. The highest BCUT2D eigenvalue weighted by Gasteiger charge is 2.00. The molecule has 0 aromatic heterocycles. The third-order valence-electron chi connectivity index (χ3n) is 0.509. The Balaban J connectivity index is 3.30. The van der Waals surface area contributed by atoms with Crippen LogP contribution in [0.5, 0.6) is 0 Å². The van der Waals surface area contributed by atoms with Crippen LogP contribution in [-0.2, 0) is 4.74 Å². The Hall–Kier alpha value is -1.20. The Morgan fingerprint density at radius 1 is 1.50 bits per heavy atom. The molecule has 0 N–H and O–H groups in total. The zero-order valence-electron chi connectivity index (χ0n) is 5.03. The van der Waals surface area contributed by atoms with Gasteiger partial charge in [-0.1, -0.05) is 0 Å². The summed E-state index contributed by atoms with van der Waals surface area (Å²) >= 11 is 0.743. The van der Waals surface area contributed by atoms with Gasteiger partial charge >= 0.3 is 5.30 Å². The minimum atomic E-state index is -0.580. The van der Waals surface area contributed by atoms with E-state index in [-0.39, 0.29) is 12.4 Å². The first-order valence-electron chi connectivity index (χ1n) is 2.34. The van der Waals surface area contributed by atoms with Crippen LogP contribution in [0.2, 0.25) is 0 Å². The van der Waals surface area contributed by atoms with Crippen LogP contribution in [-0.4, -0.2) is 17.7 Å². The summed E-state index contributed by atoms with van der Waals surface area (Å²) in [4.78, 5) is 10.4. The van der Waals surface area contributed by atoms with Gasteiger partial charge in [-0.05, 0) is 11.8 Å². The number of hydrogen-bond donors (Lipinski definition) is 0. The molecular weight excluding hydrogens is 152 g/mol. The summed E-state index contributed by atoms with van der Waals surface area (Å²) in [6, 6.07) is 3.39. The molecule has 0 saturated carbocycles. The number of rotatable bonds is 2. The molecule has 52 valence electrons. The Labute approximate surface area is 62.4 Å². The largest absolute Gasteiger partial charge is 0.442 e. The molecule has 0 aromatic rings. The number of nitriles is 2. The van der Waals surface area contributed by atoms with E-state index in [1.807, 2.05) is 0 Å². The summed E-state index contributed by atoms with van der Waals surface area (Å²) < 4.78 is 4.31. The number of hydrogen-bond acceptors (Lipinski definition) is 5. The number of carbonyl (C=O) groups is 1. The summed E-state index contributed by atoms with van der Waals surface area (Å²) in [5, 5.41) is 15.4. The van der Waals surface area contributed by atoms with Crippen LogP contribution >= 0.6 is 11.8 Å². The van der Waals surface area contributed by atoms with Gasteiger partial charge < -0.3 is 4.74 Å². The molecule has 0 amide bonds. The van der Waals surface area contributed by atoms with E-state index in [2.05, 4.69) is 4.74 Å². The van der Waals surface area contributed by atoms with Gasteiger partial charge in [0.15, 0.2) is 6.61 Å². The van der Waals surface area contributed by atoms with Crippen molar-refractivity contribution in [3.63, 3.8) is 0 Å². The van der Waals surface area contributed by atoms with Crippen LogP contribution < -0.4 is 0 Å². The summed E-state index contributed by atoms with van der Waals surface area (Å²) in [6.45, 7) is -0.253. The van der Waals surface area contributed by atoms with Gasteiger partial charge in [-0.15, -0.1) is 0 Å². The predicted octanol–water partition coefficient (Wildman–Crippen LogP) is 0.903. The second kappa shape index (κ2) is 5.93. The molecule has 0 aliphatic rings. The van der Waals surface area contributed by atoms with E-state index >= 15 is 0 Å². The minimum Gasteiger partial charge on any atom is -0.442 e. The first-order chi connectivity index (χ1) is 4.81. The Kier molecular flexibility index (Phi) is 5.22. The third-order valence-corrected chi connectivity index (χ3v) is 1.14. The van der Waals surface area contributed by atoms with Crippen molar-refractivity contribution >= 4 is 17.1 Å². The molecule has 0 atom stereocenters. The van der Waals surface area contributed by atoms with Crippen LogP contribution in [0, 0.1) is 22.7 Å². The monoisotopic (exact) mass is 156 g/mol. The molecule has 5 heteroatoms. The highest BCUT2D eigenvalue weighted by Crippen LogP contribution is 2.02. The molecular formula is C5H4N2O2S. The Morgan fingerprint density at radius 3 is 2.70 bits per heavy atom. The van der Waals surface area contributed by atoms with Gasteiger partial charge in [0, 0.05) is 0 Å². The summed E-state index contributed by atoms with van der Waals surface area (Å²) in [6.07, 6.45) is 0. The maximum absolute atomic E-state index is 10.4. The maximum atomic E-state index is 10.4. The first-order valence-corrected chi connectivity index (χ1v) is 3.33. The van der Waals surface area contributed by atoms with E-state index in [0.717, 1.165) is 11.8 Å². The number of thioether (sulfide) groups is 1. The second-order valence-corrected chi connectivity index (χ2v) is 2.05. The fourth-order valence-corrected chi connectivity index (χ4v) is 0.549. The number of carbonyl (C=O) groups excluding carboxylic acids is 1. The van der Waals surface area contributed by atoms with Crippen molar-refractivity contribution < 1.29 is 9.53 Å². The predicted molar refractivity (Wildman–Crippen MR) is 35.0 cm³/mol. The molecule has 0 spiro atoms. The van der Waals surface area contributed by atoms with Crippen LogP contribution in [0.25, 0.3) is 0 Å². The van der Waals surface area contributed by atoms with E-state index in [1.54, 1.807) is 12.1 Å². The highest BCUT2D eigenvalue weighted by atomic mass is 32.2. The molecule has 0 heterocycles. The van der Waals surface area contributed by atoms with Crippen LogP contribution in [0.1, 0.15) is 0 Å². The van der Waals surface area contributed by atoms with E-state index in [0.29, 0.717) is 0 Å². The van der Waals surface area contributed by atoms with Gasteiger partial charge in [0.2, 0.25) is 0 Å².